The minimum absolute atomic E-state index is 0.0652. The van der Waals surface area contributed by atoms with Crippen molar-refractivity contribution in [2.24, 2.45) is 23.5 Å². The zero-order chi connectivity index (χ0) is 14.6. The highest BCUT2D eigenvalue weighted by molar-refractivity contribution is 5.87. The fourth-order valence-electron chi connectivity index (χ4n) is 2.52. The van der Waals surface area contributed by atoms with Crippen LogP contribution in [0.3, 0.4) is 0 Å². The molecule has 1 unspecified atom stereocenters. The van der Waals surface area contributed by atoms with Gasteiger partial charge in [-0.3, -0.25) is 4.79 Å². The molecule has 0 radical (unpaired) electrons. The second kappa shape index (κ2) is 6.37. The van der Waals surface area contributed by atoms with Crippen molar-refractivity contribution < 1.29 is 14.7 Å². The van der Waals surface area contributed by atoms with Crippen LogP contribution >= 0.6 is 0 Å². The van der Waals surface area contributed by atoms with E-state index >= 15 is 0 Å². The maximum atomic E-state index is 12.0. The summed E-state index contributed by atoms with van der Waals surface area (Å²) in [4.78, 5) is 23.3. The lowest BCUT2D eigenvalue weighted by molar-refractivity contribution is -0.148. The Kier molecular flexibility index (Phi) is 5.35. The van der Waals surface area contributed by atoms with Crippen LogP contribution in [0.4, 0.5) is 0 Å². The molecule has 1 rings (SSSR count). The van der Waals surface area contributed by atoms with Gasteiger partial charge in [-0.2, -0.15) is 0 Å². The first-order chi connectivity index (χ1) is 8.79. The molecule has 0 saturated heterocycles. The van der Waals surface area contributed by atoms with Crippen molar-refractivity contribution in [2.45, 2.75) is 52.0 Å². The number of carboxylic acid groups (broad SMARTS) is 1. The maximum absolute atomic E-state index is 12.0. The number of nitrogens with one attached hydrogen (secondary N) is 1. The molecular formula is C14H26N2O3. The van der Waals surface area contributed by atoms with Gasteiger partial charge in [0.25, 0.3) is 0 Å². The van der Waals surface area contributed by atoms with Gasteiger partial charge < -0.3 is 16.2 Å². The molecule has 0 aromatic rings. The standard InChI is InChI=1S/C14H26N2O3/c1-9(2)6-10(8-15)7-12(17)16-14(3,13(18)19)11-4-5-11/h9-11H,4-8,15H2,1-3H3,(H,16,17)(H,18,19)/t10-,14?/m0/s1. The molecule has 0 aliphatic heterocycles. The molecule has 19 heavy (non-hydrogen) atoms. The van der Waals surface area contributed by atoms with Crippen molar-refractivity contribution in [2.75, 3.05) is 6.54 Å². The van der Waals surface area contributed by atoms with Crippen molar-refractivity contribution in [3.8, 4) is 0 Å². The Morgan fingerprint density at radius 2 is 2.00 bits per heavy atom. The molecule has 1 saturated carbocycles. The van der Waals surface area contributed by atoms with Gasteiger partial charge in [0.15, 0.2) is 0 Å². The number of hydrogen-bond donors (Lipinski definition) is 3. The van der Waals surface area contributed by atoms with Gasteiger partial charge in [0, 0.05) is 6.42 Å². The Labute approximate surface area is 114 Å². The van der Waals surface area contributed by atoms with Crippen molar-refractivity contribution >= 4 is 11.9 Å². The molecule has 4 N–H and O–H groups in total. The van der Waals surface area contributed by atoms with Gasteiger partial charge in [-0.1, -0.05) is 13.8 Å². The summed E-state index contributed by atoms with van der Waals surface area (Å²) in [5, 5.41) is 12.0. The van der Waals surface area contributed by atoms with Crippen molar-refractivity contribution in [3.05, 3.63) is 0 Å². The van der Waals surface area contributed by atoms with E-state index in [-0.39, 0.29) is 17.7 Å². The number of carbonyl (C=O) groups is 2. The minimum atomic E-state index is -1.12. The summed E-state index contributed by atoms with van der Waals surface area (Å²) >= 11 is 0. The monoisotopic (exact) mass is 270 g/mol. The number of aliphatic carboxylic acids is 1. The zero-order valence-electron chi connectivity index (χ0n) is 12.1. The third kappa shape index (κ3) is 4.49. The third-order valence-electron chi connectivity index (χ3n) is 3.85. The Balaban J connectivity index is 2.55. The van der Waals surface area contributed by atoms with E-state index < -0.39 is 11.5 Å². The topological polar surface area (TPSA) is 92.4 Å². The molecule has 1 aliphatic rings. The first kappa shape index (κ1) is 16.0. The summed E-state index contributed by atoms with van der Waals surface area (Å²) < 4.78 is 0. The second-order valence-electron chi connectivity index (χ2n) is 6.27. The number of rotatable bonds is 8. The summed E-state index contributed by atoms with van der Waals surface area (Å²) in [5.74, 6) is -0.479. The highest BCUT2D eigenvalue weighted by atomic mass is 16.4. The van der Waals surface area contributed by atoms with Gasteiger partial charge in [0.2, 0.25) is 5.91 Å². The quantitative estimate of drug-likeness (QED) is 0.621. The van der Waals surface area contributed by atoms with Crippen LogP contribution < -0.4 is 11.1 Å². The summed E-state index contributed by atoms with van der Waals surface area (Å²) in [6.07, 6.45) is 2.94. The van der Waals surface area contributed by atoms with E-state index in [1.807, 2.05) is 0 Å². The van der Waals surface area contributed by atoms with Crippen molar-refractivity contribution in [1.29, 1.82) is 0 Å². The number of carboxylic acids is 1. The average Bonchev–Trinajstić information content (AvgIpc) is 3.10. The molecule has 5 heteroatoms. The molecular weight excluding hydrogens is 244 g/mol. The van der Waals surface area contributed by atoms with Crippen molar-refractivity contribution in [3.63, 3.8) is 0 Å². The molecule has 1 aliphatic carbocycles. The van der Waals surface area contributed by atoms with Gasteiger partial charge in [0.1, 0.15) is 5.54 Å². The van der Waals surface area contributed by atoms with E-state index in [1.54, 1.807) is 6.92 Å². The van der Waals surface area contributed by atoms with Crippen LogP contribution in [0.5, 0.6) is 0 Å². The molecule has 0 bridgehead atoms. The second-order valence-corrected chi connectivity index (χ2v) is 6.27. The van der Waals surface area contributed by atoms with Crippen LogP contribution in [-0.2, 0) is 9.59 Å². The molecule has 110 valence electrons. The molecule has 0 aromatic carbocycles. The first-order valence-electron chi connectivity index (χ1n) is 7.04. The van der Waals surface area contributed by atoms with Gasteiger partial charge in [-0.05, 0) is 50.5 Å². The summed E-state index contributed by atoms with van der Waals surface area (Å²) in [6, 6.07) is 0. The van der Waals surface area contributed by atoms with E-state index in [4.69, 9.17) is 5.73 Å². The van der Waals surface area contributed by atoms with Crippen LogP contribution in [0.2, 0.25) is 0 Å². The van der Waals surface area contributed by atoms with Gasteiger partial charge in [0.05, 0.1) is 0 Å². The minimum Gasteiger partial charge on any atom is -0.480 e. The fraction of sp³-hybridized carbons (Fsp3) is 0.857. The van der Waals surface area contributed by atoms with E-state index in [2.05, 4.69) is 19.2 Å². The van der Waals surface area contributed by atoms with E-state index in [0.29, 0.717) is 18.9 Å². The predicted molar refractivity (Wildman–Crippen MR) is 73.5 cm³/mol. The van der Waals surface area contributed by atoms with Crippen LogP contribution in [0.25, 0.3) is 0 Å². The SMILES string of the molecule is CC(C)C[C@H](CN)CC(=O)NC(C)(C(=O)O)C1CC1. The summed E-state index contributed by atoms with van der Waals surface area (Å²) in [5.41, 5.74) is 4.55. The normalized spacial score (nSPS) is 19.8. The van der Waals surface area contributed by atoms with Crippen LogP contribution in [-0.4, -0.2) is 29.1 Å². The predicted octanol–water partition coefficient (Wildman–Crippen LogP) is 1.37. The summed E-state index contributed by atoms with van der Waals surface area (Å²) in [6.45, 7) is 6.24. The van der Waals surface area contributed by atoms with Gasteiger partial charge in [-0.15, -0.1) is 0 Å². The Bertz CT molecular complexity index is 340. The van der Waals surface area contributed by atoms with Crippen LogP contribution in [0.1, 0.15) is 46.5 Å². The first-order valence-corrected chi connectivity index (χ1v) is 7.04. The Hall–Kier alpha value is -1.10. The molecule has 0 spiro atoms. The third-order valence-corrected chi connectivity index (χ3v) is 3.85. The number of carbonyl (C=O) groups excluding carboxylic acids is 1. The van der Waals surface area contributed by atoms with Crippen LogP contribution in [0, 0.1) is 17.8 Å². The lowest BCUT2D eigenvalue weighted by atomic mass is 9.92. The average molecular weight is 270 g/mol. The lowest BCUT2D eigenvalue weighted by Gasteiger charge is -2.27. The Morgan fingerprint density at radius 3 is 2.37 bits per heavy atom. The highest BCUT2D eigenvalue weighted by Gasteiger charge is 2.48. The smallest absolute Gasteiger partial charge is 0.329 e. The molecule has 0 aromatic heterocycles. The molecule has 1 amide bonds. The molecule has 0 heterocycles. The highest BCUT2D eigenvalue weighted by Crippen LogP contribution is 2.39. The molecule has 5 nitrogen and oxygen atoms in total. The van der Waals surface area contributed by atoms with Gasteiger partial charge in [-0.25, -0.2) is 4.79 Å². The molecule has 2 atom stereocenters. The van der Waals surface area contributed by atoms with Crippen LogP contribution in [0.15, 0.2) is 0 Å². The Morgan fingerprint density at radius 1 is 1.42 bits per heavy atom. The van der Waals surface area contributed by atoms with Crippen molar-refractivity contribution in [1.82, 2.24) is 5.32 Å². The largest absolute Gasteiger partial charge is 0.480 e. The molecule has 1 fully saturated rings. The lowest BCUT2D eigenvalue weighted by Crippen LogP contribution is -2.54. The maximum Gasteiger partial charge on any atom is 0.329 e. The number of nitrogens with two attached hydrogens (primary N) is 1. The number of hydrogen-bond acceptors (Lipinski definition) is 3. The van der Waals surface area contributed by atoms with E-state index in [9.17, 15) is 14.7 Å². The summed E-state index contributed by atoms with van der Waals surface area (Å²) in [7, 11) is 0. The number of amides is 1. The zero-order valence-corrected chi connectivity index (χ0v) is 12.1. The fourth-order valence-corrected chi connectivity index (χ4v) is 2.52. The van der Waals surface area contributed by atoms with Gasteiger partial charge >= 0.3 is 5.97 Å². The van der Waals surface area contributed by atoms with E-state index in [1.165, 1.54) is 0 Å². The van der Waals surface area contributed by atoms with E-state index in [0.717, 1.165) is 19.3 Å².